The molecule has 0 aliphatic heterocycles. The average molecular weight is 189 g/mol. The highest BCUT2D eigenvalue weighted by Gasteiger charge is 1.77. The Morgan fingerprint density at radius 3 is 2.50 bits per heavy atom. The standard InChI is InChI=1S/C3H7BrClP/c4-2-1-3-6-5/h6H,1-3H2. The van der Waals surface area contributed by atoms with E-state index in [0.717, 1.165) is 11.5 Å². The minimum absolute atomic E-state index is 0.607. The van der Waals surface area contributed by atoms with Gasteiger partial charge in [-0.2, -0.15) is 0 Å². The van der Waals surface area contributed by atoms with Crippen LogP contribution in [0.4, 0.5) is 0 Å². The largest absolute Gasteiger partial charge is 0.100 e. The summed E-state index contributed by atoms with van der Waals surface area (Å²) in [5.74, 6) is 0. The van der Waals surface area contributed by atoms with Gasteiger partial charge in [0, 0.05) is 5.33 Å². The molecule has 0 saturated carbocycles. The molecule has 0 aromatic heterocycles. The van der Waals surface area contributed by atoms with Crippen molar-refractivity contribution >= 4 is 35.1 Å². The van der Waals surface area contributed by atoms with Gasteiger partial charge in [-0.15, -0.1) is 11.2 Å². The Balaban J connectivity index is 2.34. The zero-order valence-corrected chi connectivity index (χ0v) is 6.72. The van der Waals surface area contributed by atoms with Gasteiger partial charge in [0.05, 0.1) is 0 Å². The van der Waals surface area contributed by atoms with Crippen LogP contribution in [-0.4, -0.2) is 11.5 Å². The van der Waals surface area contributed by atoms with Gasteiger partial charge in [-0.3, -0.25) is 0 Å². The molecule has 0 aliphatic carbocycles. The lowest BCUT2D eigenvalue weighted by atomic mass is 10.6. The minimum Gasteiger partial charge on any atom is -0.100 e. The Labute approximate surface area is 53.3 Å². The lowest BCUT2D eigenvalue weighted by molar-refractivity contribution is 1.14. The van der Waals surface area contributed by atoms with Crippen LogP contribution < -0.4 is 0 Å². The van der Waals surface area contributed by atoms with E-state index in [1.54, 1.807) is 0 Å². The van der Waals surface area contributed by atoms with E-state index in [9.17, 15) is 0 Å². The monoisotopic (exact) mass is 188 g/mol. The summed E-state index contributed by atoms with van der Waals surface area (Å²) in [7, 11) is 0.607. The van der Waals surface area contributed by atoms with Gasteiger partial charge < -0.3 is 0 Å². The van der Waals surface area contributed by atoms with E-state index < -0.39 is 0 Å². The Bertz CT molecular complexity index is 22.8. The van der Waals surface area contributed by atoms with Gasteiger partial charge in [0.1, 0.15) is 0 Å². The van der Waals surface area contributed by atoms with Crippen LogP contribution in [0.2, 0.25) is 0 Å². The van der Waals surface area contributed by atoms with Crippen molar-refractivity contribution in [3.8, 4) is 0 Å². The molecule has 0 amide bonds. The van der Waals surface area contributed by atoms with Crippen LogP contribution in [0.5, 0.6) is 0 Å². The minimum atomic E-state index is 0.607. The summed E-state index contributed by atoms with van der Waals surface area (Å²) in [6, 6.07) is 0. The molecule has 1 unspecified atom stereocenters. The average Bonchev–Trinajstić information content (AvgIpc) is 1.61. The smallest absolute Gasteiger partial charge is 0.00349 e. The quantitative estimate of drug-likeness (QED) is 0.364. The maximum absolute atomic E-state index is 5.39. The summed E-state index contributed by atoms with van der Waals surface area (Å²) in [5.41, 5.74) is 0. The summed E-state index contributed by atoms with van der Waals surface area (Å²) < 4.78 is 0. The van der Waals surface area contributed by atoms with E-state index in [2.05, 4.69) is 15.9 Å². The van der Waals surface area contributed by atoms with Gasteiger partial charge in [0.25, 0.3) is 0 Å². The van der Waals surface area contributed by atoms with Crippen molar-refractivity contribution in [3.63, 3.8) is 0 Å². The molecular weight excluding hydrogens is 182 g/mol. The Morgan fingerprint density at radius 2 is 2.33 bits per heavy atom. The second kappa shape index (κ2) is 6.20. The van der Waals surface area contributed by atoms with Crippen LogP contribution in [0.3, 0.4) is 0 Å². The number of rotatable bonds is 3. The highest BCUT2D eigenvalue weighted by Crippen LogP contribution is 2.16. The Kier molecular flexibility index (Phi) is 7.44. The van der Waals surface area contributed by atoms with Gasteiger partial charge in [-0.1, -0.05) is 15.9 Å². The fraction of sp³-hybridized carbons (Fsp3) is 1.00. The maximum atomic E-state index is 5.39. The molecule has 38 valence electrons. The Hall–Kier alpha value is 1.20. The zero-order valence-electron chi connectivity index (χ0n) is 3.38. The van der Waals surface area contributed by atoms with Crippen molar-refractivity contribution in [2.75, 3.05) is 11.5 Å². The van der Waals surface area contributed by atoms with Crippen LogP contribution in [-0.2, 0) is 0 Å². The topological polar surface area (TPSA) is 0 Å². The number of alkyl halides is 1. The van der Waals surface area contributed by atoms with Crippen molar-refractivity contribution in [1.29, 1.82) is 0 Å². The molecule has 0 nitrogen and oxygen atoms in total. The molecule has 0 bridgehead atoms. The first-order valence-corrected chi connectivity index (χ1v) is 5.15. The lowest BCUT2D eigenvalue weighted by Gasteiger charge is -1.83. The van der Waals surface area contributed by atoms with E-state index in [-0.39, 0.29) is 0 Å². The lowest BCUT2D eigenvalue weighted by Crippen LogP contribution is -1.71. The normalized spacial score (nSPS) is 11.0. The van der Waals surface area contributed by atoms with Crippen molar-refractivity contribution < 1.29 is 0 Å². The fourth-order valence-electron chi connectivity index (χ4n) is 0.134. The molecule has 6 heavy (non-hydrogen) atoms. The van der Waals surface area contributed by atoms with Crippen LogP contribution in [0.15, 0.2) is 0 Å². The van der Waals surface area contributed by atoms with Crippen molar-refractivity contribution in [3.05, 3.63) is 0 Å². The van der Waals surface area contributed by atoms with Gasteiger partial charge in [0.2, 0.25) is 0 Å². The predicted octanol–water partition coefficient (Wildman–Crippen LogP) is 2.60. The molecule has 1 atom stereocenters. The first kappa shape index (κ1) is 7.20. The van der Waals surface area contributed by atoms with Crippen LogP contribution in [0, 0.1) is 0 Å². The molecule has 0 heterocycles. The third-order valence-electron chi connectivity index (χ3n) is 0.405. The number of hydrogen-bond acceptors (Lipinski definition) is 0. The summed E-state index contributed by atoms with van der Waals surface area (Å²) in [5, 5.41) is 1.09. The molecule has 0 spiro atoms. The second-order valence-electron chi connectivity index (χ2n) is 0.926. The van der Waals surface area contributed by atoms with E-state index in [1.807, 2.05) is 0 Å². The van der Waals surface area contributed by atoms with Crippen LogP contribution in [0.1, 0.15) is 6.42 Å². The number of hydrogen-bond donors (Lipinski definition) is 0. The molecule has 0 fully saturated rings. The molecule has 0 saturated heterocycles. The molecule has 0 aromatic carbocycles. The molecular formula is C3H7BrClP. The fourth-order valence-corrected chi connectivity index (χ4v) is 1.64. The summed E-state index contributed by atoms with van der Waals surface area (Å²) in [4.78, 5) is 0. The van der Waals surface area contributed by atoms with E-state index >= 15 is 0 Å². The van der Waals surface area contributed by atoms with Crippen LogP contribution in [0.25, 0.3) is 0 Å². The third-order valence-corrected chi connectivity index (χ3v) is 2.08. The highest BCUT2D eigenvalue weighted by molar-refractivity contribution is 9.09. The van der Waals surface area contributed by atoms with Gasteiger partial charge >= 0.3 is 0 Å². The maximum Gasteiger partial charge on any atom is 0.00349 e. The van der Waals surface area contributed by atoms with Crippen molar-refractivity contribution in [1.82, 2.24) is 0 Å². The molecule has 0 radical (unpaired) electrons. The SMILES string of the molecule is ClPCCCBr. The predicted molar refractivity (Wildman–Crippen MR) is 37.4 cm³/mol. The molecule has 0 aromatic rings. The van der Waals surface area contributed by atoms with Gasteiger partial charge in [-0.05, 0) is 20.5 Å². The molecule has 3 heteroatoms. The highest BCUT2D eigenvalue weighted by atomic mass is 79.9. The summed E-state index contributed by atoms with van der Waals surface area (Å²) in [6.45, 7) is 0. The van der Waals surface area contributed by atoms with E-state index in [1.165, 1.54) is 6.42 Å². The molecule has 0 N–H and O–H groups in total. The number of halogens is 2. The first-order chi connectivity index (χ1) is 2.91. The second-order valence-corrected chi connectivity index (χ2v) is 3.29. The van der Waals surface area contributed by atoms with Gasteiger partial charge in [0.15, 0.2) is 0 Å². The summed E-state index contributed by atoms with van der Waals surface area (Å²) in [6.07, 6.45) is 2.37. The molecule has 0 rings (SSSR count). The van der Waals surface area contributed by atoms with E-state index in [0.29, 0.717) is 7.93 Å². The van der Waals surface area contributed by atoms with Crippen molar-refractivity contribution in [2.24, 2.45) is 0 Å². The third kappa shape index (κ3) is 5.20. The summed E-state index contributed by atoms with van der Waals surface area (Å²) >= 11 is 8.68. The van der Waals surface area contributed by atoms with Gasteiger partial charge in [-0.25, -0.2) is 0 Å². The van der Waals surface area contributed by atoms with E-state index in [4.69, 9.17) is 11.2 Å². The molecule has 0 aliphatic rings. The Morgan fingerprint density at radius 1 is 1.67 bits per heavy atom. The zero-order chi connectivity index (χ0) is 4.83. The van der Waals surface area contributed by atoms with Crippen LogP contribution >= 0.6 is 35.1 Å². The first-order valence-electron chi connectivity index (χ1n) is 1.81. The van der Waals surface area contributed by atoms with Crippen molar-refractivity contribution in [2.45, 2.75) is 6.42 Å².